The van der Waals surface area contributed by atoms with Gasteiger partial charge in [-0.05, 0) is 49.9 Å². The highest BCUT2D eigenvalue weighted by Crippen LogP contribution is 2.30. The molecule has 0 bridgehead atoms. The number of urea groups is 1. The molecule has 0 unspecified atom stereocenters. The van der Waals surface area contributed by atoms with Crippen LogP contribution < -0.4 is 5.32 Å². The van der Waals surface area contributed by atoms with Crippen molar-refractivity contribution >= 4 is 12.0 Å². The summed E-state index contributed by atoms with van der Waals surface area (Å²) in [6, 6.07) is 6.75. The van der Waals surface area contributed by atoms with Crippen molar-refractivity contribution in [1.29, 1.82) is 0 Å². The fourth-order valence-corrected chi connectivity index (χ4v) is 3.52. The second kappa shape index (κ2) is 8.03. The zero-order valence-electron chi connectivity index (χ0n) is 15.0. The molecule has 0 spiro atoms. The Morgan fingerprint density at radius 3 is 2.58 bits per heavy atom. The first-order valence-electron chi connectivity index (χ1n) is 9.23. The standard InChI is InChI=1S/C19H26FN3O3/c1-2-22(12-18(24)25)17-9-15(10-17)21-19(26)23(16-6-7-16)11-13-4-3-5-14(20)8-13/h3-5,8,15-17H,2,6-7,9-12H2,1H3,(H,21,26)(H,24,25). The molecule has 2 amide bonds. The maximum Gasteiger partial charge on any atom is 0.318 e. The molecule has 6 nitrogen and oxygen atoms in total. The topological polar surface area (TPSA) is 72.9 Å². The van der Waals surface area contributed by atoms with Crippen LogP contribution in [0.15, 0.2) is 24.3 Å². The summed E-state index contributed by atoms with van der Waals surface area (Å²) in [7, 11) is 0. The second-order valence-electron chi connectivity index (χ2n) is 7.22. The second-order valence-corrected chi connectivity index (χ2v) is 7.22. The van der Waals surface area contributed by atoms with Crippen LogP contribution in [-0.2, 0) is 11.3 Å². The first-order chi connectivity index (χ1) is 12.5. The minimum absolute atomic E-state index is 0.0373. The van der Waals surface area contributed by atoms with Crippen molar-refractivity contribution < 1.29 is 19.1 Å². The molecule has 2 N–H and O–H groups in total. The van der Waals surface area contributed by atoms with Gasteiger partial charge in [-0.1, -0.05) is 19.1 Å². The summed E-state index contributed by atoms with van der Waals surface area (Å²) in [5, 5.41) is 12.0. The average molecular weight is 363 g/mol. The molecule has 0 heterocycles. The Morgan fingerprint density at radius 1 is 1.27 bits per heavy atom. The van der Waals surface area contributed by atoms with E-state index in [2.05, 4.69) is 5.32 Å². The summed E-state index contributed by atoms with van der Waals surface area (Å²) in [6.07, 6.45) is 3.51. The largest absolute Gasteiger partial charge is 0.480 e. The van der Waals surface area contributed by atoms with Crippen molar-refractivity contribution in [2.75, 3.05) is 13.1 Å². The van der Waals surface area contributed by atoms with Gasteiger partial charge < -0.3 is 15.3 Å². The number of carboxylic acid groups (broad SMARTS) is 1. The molecule has 1 aromatic carbocycles. The third-order valence-electron chi connectivity index (χ3n) is 5.19. The lowest BCUT2D eigenvalue weighted by Gasteiger charge is -2.42. The van der Waals surface area contributed by atoms with Crippen LogP contribution in [0.4, 0.5) is 9.18 Å². The van der Waals surface area contributed by atoms with Crippen LogP contribution in [0.3, 0.4) is 0 Å². The number of amides is 2. The van der Waals surface area contributed by atoms with Gasteiger partial charge in [0.15, 0.2) is 0 Å². The lowest BCUT2D eigenvalue weighted by molar-refractivity contribution is -0.139. The number of carboxylic acids is 1. The number of nitrogens with zero attached hydrogens (tertiary/aromatic N) is 2. The van der Waals surface area contributed by atoms with Gasteiger partial charge in [-0.3, -0.25) is 9.69 Å². The molecule has 26 heavy (non-hydrogen) atoms. The maximum atomic E-state index is 13.4. The number of halogens is 1. The zero-order valence-corrected chi connectivity index (χ0v) is 15.0. The third kappa shape index (κ3) is 4.72. The van der Waals surface area contributed by atoms with E-state index in [0.29, 0.717) is 13.1 Å². The van der Waals surface area contributed by atoms with Crippen molar-refractivity contribution in [1.82, 2.24) is 15.1 Å². The van der Waals surface area contributed by atoms with Gasteiger partial charge in [0.25, 0.3) is 0 Å². The lowest BCUT2D eigenvalue weighted by Crippen LogP contribution is -2.57. The van der Waals surface area contributed by atoms with E-state index < -0.39 is 5.97 Å². The van der Waals surface area contributed by atoms with Crippen molar-refractivity contribution in [3.05, 3.63) is 35.6 Å². The van der Waals surface area contributed by atoms with Crippen LogP contribution >= 0.6 is 0 Å². The number of hydrogen-bond donors (Lipinski definition) is 2. The van der Waals surface area contributed by atoms with Crippen molar-refractivity contribution in [2.24, 2.45) is 0 Å². The highest BCUT2D eigenvalue weighted by atomic mass is 19.1. The van der Waals surface area contributed by atoms with E-state index in [1.54, 1.807) is 11.0 Å². The highest BCUT2D eigenvalue weighted by molar-refractivity contribution is 5.75. The Balaban J connectivity index is 1.51. The van der Waals surface area contributed by atoms with Crippen LogP contribution in [0.1, 0.15) is 38.2 Å². The molecule has 2 fully saturated rings. The Kier molecular flexibility index (Phi) is 5.76. The summed E-state index contributed by atoms with van der Waals surface area (Å²) in [5.74, 6) is -1.12. The van der Waals surface area contributed by atoms with Crippen LogP contribution in [0, 0.1) is 5.82 Å². The maximum absolute atomic E-state index is 13.4. The fourth-order valence-electron chi connectivity index (χ4n) is 3.52. The Bertz CT molecular complexity index is 659. The van der Waals surface area contributed by atoms with Gasteiger partial charge in [-0.15, -0.1) is 0 Å². The molecule has 2 saturated carbocycles. The molecule has 0 atom stereocenters. The number of aliphatic carboxylic acids is 1. The van der Waals surface area contributed by atoms with Gasteiger partial charge >= 0.3 is 12.0 Å². The van der Waals surface area contributed by atoms with Crippen LogP contribution in [-0.4, -0.2) is 58.1 Å². The van der Waals surface area contributed by atoms with E-state index in [4.69, 9.17) is 5.11 Å². The molecule has 7 heteroatoms. The van der Waals surface area contributed by atoms with Gasteiger partial charge in [-0.25, -0.2) is 9.18 Å². The zero-order chi connectivity index (χ0) is 18.7. The molecule has 3 rings (SSSR count). The van der Waals surface area contributed by atoms with Crippen molar-refractivity contribution in [3.63, 3.8) is 0 Å². The number of likely N-dealkylation sites (N-methyl/N-ethyl adjacent to an activating group) is 1. The molecule has 142 valence electrons. The molecule has 1 aromatic rings. The van der Waals surface area contributed by atoms with Gasteiger partial charge in [0, 0.05) is 24.7 Å². The highest BCUT2D eigenvalue weighted by Gasteiger charge is 2.38. The third-order valence-corrected chi connectivity index (χ3v) is 5.19. The lowest BCUT2D eigenvalue weighted by atomic mass is 9.85. The molecule has 0 aliphatic heterocycles. The summed E-state index contributed by atoms with van der Waals surface area (Å²) in [5.41, 5.74) is 0.789. The van der Waals surface area contributed by atoms with Gasteiger partial charge in [0.05, 0.1) is 6.54 Å². The molecule has 2 aliphatic rings. The molecular formula is C19H26FN3O3. The van der Waals surface area contributed by atoms with Gasteiger partial charge in [0.1, 0.15) is 5.82 Å². The molecule has 0 radical (unpaired) electrons. The SMILES string of the molecule is CCN(CC(=O)O)C1CC(NC(=O)N(Cc2cccc(F)c2)C2CC2)C1. The van der Waals surface area contributed by atoms with Crippen molar-refractivity contribution in [2.45, 2.75) is 57.3 Å². The smallest absolute Gasteiger partial charge is 0.318 e. The summed E-state index contributed by atoms with van der Waals surface area (Å²) < 4.78 is 13.4. The number of carbonyl (C=O) groups excluding carboxylic acids is 1. The van der Waals surface area contributed by atoms with Gasteiger partial charge in [0.2, 0.25) is 0 Å². The predicted octanol–water partition coefficient (Wildman–Crippen LogP) is 2.44. The predicted molar refractivity (Wildman–Crippen MR) is 95.2 cm³/mol. The molecule has 2 aliphatic carbocycles. The number of hydrogen-bond acceptors (Lipinski definition) is 3. The van der Waals surface area contributed by atoms with Crippen LogP contribution in [0.25, 0.3) is 0 Å². The summed E-state index contributed by atoms with van der Waals surface area (Å²) in [6.45, 7) is 3.08. The Hall–Kier alpha value is -2.15. The quantitative estimate of drug-likeness (QED) is 0.744. The monoisotopic (exact) mass is 363 g/mol. The van der Waals surface area contributed by atoms with E-state index in [9.17, 15) is 14.0 Å². The first kappa shape index (κ1) is 18.6. The number of carbonyl (C=O) groups is 2. The number of nitrogens with one attached hydrogen (secondary N) is 1. The van der Waals surface area contributed by atoms with Crippen LogP contribution in [0.5, 0.6) is 0 Å². The fraction of sp³-hybridized carbons (Fsp3) is 0.579. The first-order valence-corrected chi connectivity index (χ1v) is 9.23. The summed E-state index contributed by atoms with van der Waals surface area (Å²) in [4.78, 5) is 27.3. The minimum atomic E-state index is -0.825. The normalized spacial score (nSPS) is 22.0. The molecular weight excluding hydrogens is 337 g/mol. The molecule has 0 aromatic heterocycles. The Morgan fingerprint density at radius 2 is 2.00 bits per heavy atom. The van der Waals surface area contributed by atoms with Gasteiger partial charge in [-0.2, -0.15) is 0 Å². The number of rotatable bonds is 8. The molecule has 0 saturated heterocycles. The van der Waals surface area contributed by atoms with E-state index in [1.807, 2.05) is 17.9 Å². The minimum Gasteiger partial charge on any atom is -0.480 e. The number of benzene rings is 1. The van der Waals surface area contributed by atoms with E-state index in [1.165, 1.54) is 12.1 Å². The summed E-state index contributed by atoms with van der Waals surface area (Å²) >= 11 is 0. The van der Waals surface area contributed by atoms with E-state index >= 15 is 0 Å². The van der Waals surface area contributed by atoms with Crippen molar-refractivity contribution in [3.8, 4) is 0 Å². The average Bonchev–Trinajstić information content (AvgIpc) is 3.38. The van der Waals surface area contributed by atoms with Crippen LogP contribution in [0.2, 0.25) is 0 Å². The Labute approximate surface area is 153 Å². The van der Waals surface area contributed by atoms with E-state index in [-0.39, 0.29) is 36.5 Å². The van der Waals surface area contributed by atoms with E-state index in [0.717, 1.165) is 31.2 Å².